The number of nitrogens with zero attached hydrogens (tertiary/aromatic N) is 4. The van der Waals surface area contributed by atoms with Gasteiger partial charge in [0.2, 0.25) is 5.88 Å². The molecule has 0 saturated heterocycles. The molecule has 2 aromatic heterocycles. The van der Waals surface area contributed by atoms with Gasteiger partial charge >= 0.3 is 6.18 Å². The molecule has 0 saturated carbocycles. The number of ether oxygens (including phenoxy) is 1. The van der Waals surface area contributed by atoms with Crippen LogP contribution < -0.4 is 15.4 Å². The first-order valence-corrected chi connectivity index (χ1v) is 9.96. The summed E-state index contributed by atoms with van der Waals surface area (Å²) < 4.78 is 44.2. The summed E-state index contributed by atoms with van der Waals surface area (Å²) >= 11 is 0. The molecule has 0 amide bonds. The lowest BCUT2D eigenvalue weighted by molar-refractivity contribution is -0.154. The fourth-order valence-corrected chi connectivity index (χ4v) is 3.16. The van der Waals surface area contributed by atoms with Gasteiger partial charge in [0, 0.05) is 37.6 Å². The fraction of sp³-hybridized carbons (Fsp3) is 0.318. The van der Waals surface area contributed by atoms with Crippen LogP contribution in [-0.2, 0) is 13.1 Å². The summed E-state index contributed by atoms with van der Waals surface area (Å²) in [4.78, 5) is 8.09. The van der Waals surface area contributed by atoms with Crippen LogP contribution in [0.5, 0.6) is 5.88 Å². The molecule has 3 rings (SSSR count). The van der Waals surface area contributed by atoms with E-state index in [9.17, 15) is 13.2 Å². The molecule has 0 unspecified atom stereocenters. The van der Waals surface area contributed by atoms with E-state index in [1.807, 2.05) is 48.9 Å². The molecule has 170 valence electrons. The van der Waals surface area contributed by atoms with Gasteiger partial charge in [-0.05, 0) is 37.6 Å². The molecule has 32 heavy (non-hydrogen) atoms. The number of pyridine rings is 1. The highest BCUT2D eigenvalue weighted by molar-refractivity contribution is 5.79. The zero-order chi connectivity index (χ0) is 23.1. The van der Waals surface area contributed by atoms with Crippen LogP contribution in [-0.4, -0.2) is 40.6 Å². The Labute approximate surface area is 184 Å². The van der Waals surface area contributed by atoms with E-state index in [1.165, 1.54) is 6.20 Å². The molecule has 0 aliphatic rings. The number of rotatable bonds is 7. The third-order valence-corrected chi connectivity index (χ3v) is 4.57. The third kappa shape index (κ3) is 6.22. The van der Waals surface area contributed by atoms with Gasteiger partial charge < -0.3 is 15.4 Å². The number of guanidine groups is 1. The normalized spacial score (nSPS) is 12.0. The van der Waals surface area contributed by atoms with Gasteiger partial charge in [-0.2, -0.15) is 18.3 Å². The van der Waals surface area contributed by atoms with Crippen molar-refractivity contribution in [3.63, 3.8) is 0 Å². The molecule has 0 radical (unpaired) electrons. The Bertz CT molecular complexity index is 1080. The standard InChI is InChI=1S/C22H25F3N6O/c1-15-11-16(2)31(30-15)19-9-5-4-7-17(19)12-28-21(26-3)29-13-18-8-6-10-27-20(18)32-14-22(23,24)25/h4-11H,12-14H2,1-3H3,(H2,26,28,29). The highest BCUT2D eigenvalue weighted by Gasteiger charge is 2.29. The second kappa shape index (κ2) is 10.2. The Balaban J connectivity index is 1.65. The van der Waals surface area contributed by atoms with Crippen molar-refractivity contribution in [2.45, 2.75) is 33.1 Å². The topological polar surface area (TPSA) is 76.4 Å². The van der Waals surface area contributed by atoms with E-state index in [-0.39, 0.29) is 12.4 Å². The van der Waals surface area contributed by atoms with Gasteiger partial charge in [0.05, 0.1) is 11.4 Å². The minimum Gasteiger partial charge on any atom is -0.468 e. The third-order valence-electron chi connectivity index (χ3n) is 4.57. The van der Waals surface area contributed by atoms with Crippen LogP contribution in [0.4, 0.5) is 13.2 Å². The van der Waals surface area contributed by atoms with Crippen LogP contribution in [0.15, 0.2) is 53.7 Å². The van der Waals surface area contributed by atoms with E-state index < -0.39 is 12.8 Å². The summed E-state index contributed by atoms with van der Waals surface area (Å²) in [6.45, 7) is 3.21. The van der Waals surface area contributed by atoms with E-state index in [0.717, 1.165) is 22.6 Å². The van der Waals surface area contributed by atoms with E-state index in [1.54, 1.807) is 19.2 Å². The molecular formula is C22H25F3N6O. The number of alkyl halides is 3. The number of para-hydroxylation sites is 1. The van der Waals surface area contributed by atoms with Gasteiger partial charge in [-0.3, -0.25) is 4.99 Å². The lowest BCUT2D eigenvalue weighted by Crippen LogP contribution is -2.36. The first-order valence-electron chi connectivity index (χ1n) is 9.96. The lowest BCUT2D eigenvalue weighted by Gasteiger charge is -2.16. The summed E-state index contributed by atoms with van der Waals surface area (Å²) in [5.41, 5.74) is 4.42. The molecule has 0 fully saturated rings. The maximum atomic E-state index is 12.5. The van der Waals surface area contributed by atoms with Crippen molar-refractivity contribution in [1.29, 1.82) is 0 Å². The number of nitrogens with one attached hydrogen (secondary N) is 2. The van der Waals surface area contributed by atoms with Crippen molar-refractivity contribution >= 4 is 5.96 Å². The van der Waals surface area contributed by atoms with E-state index >= 15 is 0 Å². The largest absolute Gasteiger partial charge is 0.468 e. The summed E-state index contributed by atoms with van der Waals surface area (Å²) in [5, 5.41) is 10.9. The molecule has 2 heterocycles. The Morgan fingerprint density at radius 3 is 2.41 bits per heavy atom. The van der Waals surface area contributed by atoms with Crippen LogP contribution in [0, 0.1) is 13.8 Å². The zero-order valence-corrected chi connectivity index (χ0v) is 18.1. The Hall–Kier alpha value is -3.56. The molecule has 3 aromatic rings. The SMILES string of the molecule is CN=C(NCc1ccccc1-n1nc(C)cc1C)NCc1cccnc1OCC(F)(F)F. The highest BCUT2D eigenvalue weighted by Crippen LogP contribution is 2.20. The van der Waals surface area contributed by atoms with Crippen LogP contribution >= 0.6 is 0 Å². The van der Waals surface area contributed by atoms with Crippen LogP contribution in [0.25, 0.3) is 5.69 Å². The van der Waals surface area contributed by atoms with Crippen molar-refractivity contribution in [2.24, 2.45) is 4.99 Å². The number of aromatic nitrogens is 3. The van der Waals surface area contributed by atoms with Crippen molar-refractivity contribution in [3.8, 4) is 11.6 Å². The smallest absolute Gasteiger partial charge is 0.422 e. The summed E-state index contributed by atoms with van der Waals surface area (Å²) in [7, 11) is 1.62. The Morgan fingerprint density at radius 1 is 1.06 bits per heavy atom. The number of aliphatic imine (C=N–C) groups is 1. The van der Waals surface area contributed by atoms with Crippen LogP contribution in [0.1, 0.15) is 22.5 Å². The van der Waals surface area contributed by atoms with Gasteiger partial charge in [-0.1, -0.05) is 24.3 Å². The monoisotopic (exact) mass is 446 g/mol. The van der Waals surface area contributed by atoms with Gasteiger partial charge in [0.15, 0.2) is 12.6 Å². The maximum absolute atomic E-state index is 12.5. The fourth-order valence-electron chi connectivity index (χ4n) is 3.16. The molecule has 0 aliphatic heterocycles. The van der Waals surface area contributed by atoms with Crippen LogP contribution in [0.3, 0.4) is 0 Å². The van der Waals surface area contributed by atoms with Gasteiger partial charge in [0.25, 0.3) is 0 Å². The summed E-state index contributed by atoms with van der Waals surface area (Å²) in [6.07, 6.45) is -3.04. The predicted molar refractivity (Wildman–Crippen MR) is 116 cm³/mol. The average molecular weight is 446 g/mol. The number of aryl methyl sites for hydroxylation is 2. The Kier molecular flexibility index (Phi) is 7.34. The highest BCUT2D eigenvalue weighted by atomic mass is 19.4. The quantitative estimate of drug-likeness (QED) is 0.428. The number of halogens is 3. The first kappa shape index (κ1) is 23.1. The van der Waals surface area contributed by atoms with Crippen molar-refractivity contribution < 1.29 is 17.9 Å². The molecule has 0 atom stereocenters. The lowest BCUT2D eigenvalue weighted by atomic mass is 10.1. The minimum absolute atomic E-state index is 0.0670. The van der Waals surface area contributed by atoms with Crippen molar-refractivity contribution in [2.75, 3.05) is 13.7 Å². The molecule has 10 heteroatoms. The molecule has 7 nitrogen and oxygen atoms in total. The average Bonchev–Trinajstić information content (AvgIpc) is 3.10. The molecular weight excluding hydrogens is 421 g/mol. The maximum Gasteiger partial charge on any atom is 0.422 e. The molecule has 0 bridgehead atoms. The Morgan fingerprint density at radius 2 is 1.75 bits per heavy atom. The number of hydrogen-bond acceptors (Lipinski definition) is 4. The van der Waals surface area contributed by atoms with E-state index in [0.29, 0.717) is 18.1 Å². The number of benzene rings is 1. The molecule has 0 spiro atoms. The van der Waals surface area contributed by atoms with Gasteiger partial charge in [0.1, 0.15) is 0 Å². The van der Waals surface area contributed by atoms with E-state index in [4.69, 9.17) is 4.74 Å². The second-order valence-corrected chi connectivity index (χ2v) is 7.12. The van der Waals surface area contributed by atoms with Crippen LogP contribution in [0.2, 0.25) is 0 Å². The molecule has 0 aliphatic carbocycles. The van der Waals surface area contributed by atoms with E-state index in [2.05, 4.69) is 25.7 Å². The predicted octanol–water partition coefficient (Wildman–Crippen LogP) is 3.69. The second-order valence-electron chi connectivity index (χ2n) is 7.12. The van der Waals surface area contributed by atoms with Crippen molar-refractivity contribution in [3.05, 3.63) is 71.2 Å². The minimum atomic E-state index is -4.43. The summed E-state index contributed by atoms with van der Waals surface area (Å²) in [6, 6.07) is 13.2. The van der Waals surface area contributed by atoms with Crippen molar-refractivity contribution in [1.82, 2.24) is 25.4 Å². The molecule has 2 N–H and O–H groups in total. The summed E-state index contributed by atoms with van der Waals surface area (Å²) in [5.74, 6) is 0.418. The van der Waals surface area contributed by atoms with Gasteiger partial charge in [-0.25, -0.2) is 9.67 Å². The molecule has 1 aromatic carbocycles. The number of hydrogen-bond donors (Lipinski definition) is 2. The zero-order valence-electron chi connectivity index (χ0n) is 18.1. The van der Waals surface area contributed by atoms with Gasteiger partial charge in [-0.15, -0.1) is 0 Å². The first-order chi connectivity index (χ1) is 15.3.